The Kier molecular flexibility index (Phi) is 11.6. The number of carbonyl (C=O) groups excluding carboxylic acids is 2. The van der Waals surface area contributed by atoms with Crippen molar-refractivity contribution < 1.29 is 29.4 Å². The SMILES string of the molecule is C.C.CNC(=O)c1cc(C(=O)Nc2ccc(C)cc2)c(C(=O)O)cc1C(=O)O.Cc1ccc(-n2c(=O)c3cc4c(=O)n(C)c(=O)c4cc3c2=O)cc1. The van der Waals surface area contributed by atoms with Gasteiger partial charge in [-0.2, -0.15) is 0 Å². The zero-order chi connectivity index (χ0) is 36.6. The molecule has 2 amide bonds. The highest BCUT2D eigenvalue weighted by atomic mass is 16.4. The van der Waals surface area contributed by atoms with Crippen molar-refractivity contribution in [2.24, 2.45) is 7.05 Å². The molecule has 0 saturated carbocycles. The second kappa shape index (κ2) is 15.3. The topological polar surface area (TPSA) is 211 Å². The van der Waals surface area contributed by atoms with E-state index in [1.807, 2.05) is 13.8 Å². The monoisotopic (exact) mass is 708 g/mol. The Hall–Kier alpha value is -6.96. The first-order chi connectivity index (χ1) is 23.6. The van der Waals surface area contributed by atoms with Gasteiger partial charge in [0.2, 0.25) is 0 Å². The molecule has 6 rings (SSSR count). The summed E-state index contributed by atoms with van der Waals surface area (Å²) < 4.78 is 2.05. The summed E-state index contributed by atoms with van der Waals surface area (Å²) in [5.41, 5.74) is -0.682. The highest BCUT2D eigenvalue weighted by molar-refractivity contribution is 6.14. The Morgan fingerprint density at radius 1 is 0.558 bits per heavy atom. The fourth-order valence-electron chi connectivity index (χ4n) is 5.32. The number of carbonyl (C=O) groups is 4. The Labute approximate surface area is 295 Å². The molecule has 0 aliphatic heterocycles. The number of benzene rings is 4. The molecule has 0 spiro atoms. The van der Waals surface area contributed by atoms with Gasteiger partial charge in [0, 0.05) is 19.8 Å². The van der Waals surface area contributed by atoms with Crippen molar-refractivity contribution >= 4 is 51.0 Å². The molecule has 6 aromatic rings. The molecule has 0 saturated heterocycles. The fourth-order valence-corrected chi connectivity index (χ4v) is 5.32. The van der Waals surface area contributed by atoms with Crippen molar-refractivity contribution in [3.05, 3.63) is 148 Å². The molecule has 2 heterocycles. The van der Waals surface area contributed by atoms with Gasteiger partial charge in [-0.15, -0.1) is 0 Å². The maximum absolute atomic E-state index is 12.7. The lowest BCUT2D eigenvalue weighted by Crippen LogP contribution is -2.24. The van der Waals surface area contributed by atoms with Crippen LogP contribution in [0.2, 0.25) is 0 Å². The van der Waals surface area contributed by atoms with Crippen molar-refractivity contribution in [1.29, 1.82) is 0 Å². The zero-order valence-electron chi connectivity index (χ0n) is 27.0. The maximum Gasteiger partial charge on any atom is 0.336 e. The van der Waals surface area contributed by atoms with Gasteiger partial charge in [0.1, 0.15) is 0 Å². The van der Waals surface area contributed by atoms with Crippen LogP contribution in [0.5, 0.6) is 0 Å². The number of aryl methyl sites for hydroxylation is 2. The van der Waals surface area contributed by atoms with Crippen molar-refractivity contribution in [2.45, 2.75) is 28.7 Å². The lowest BCUT2D eigenvalue weighted by Gasteiger charge is -2.12. The van der Waals surface area contributed by atoms with Gasteiger partial charge < -0.3 is 20.8 Å². The molecule has 14 nitrogen and oxygen atoms in total. The van der Waals surface area contributed by atoms with Crippen molar-refractivity contribution in [3.63, 3.8) is 0 Å². The standard InChI is InChI=1S/C18H16N2O6.C18H12N2O4.2CH4/c1-9-3-5-10(6-4-9)20-16(22)12-7-11(15(21)19-2)13(17(23)24)8-14(12)18(25)26;1-9-3-5-10(6-4-9)20-17(23)13-7-11-12(8-14(13)18(20)24)16(22)19(2)15(11)21;;/h3-8H,1-2H3,(H,19,21)(H,20,22)(H,23,24)(H,25,26);3-8H,1-2H3;2*1H4. The highest BCUT2D eigenvalue weighted by Gasteiger charge is 2.25. The molecule has 52 heavy (non-hydrogen) atoms. The average molecular weight is 709 g/mol. The van der Waals surface area contributed by atoms with Gasteiger partial charge in [0.15, 0.2) is 0 Å². The lowest BCUT2D eigenvalue weighted by molar-refractivity contribution is 0.0689. The first-order valence-electron chi connectivity index (χ1n) is 14.8. The number of hydrogen-bond donors (Lipinski definition) is 4. The molecule has 0 unspecified atom stereocenters. The minimum Gasteiger partial charge on any atom is -0.478 e. The summed E-state index contributed by atoms with van der Waals surface area (Å²) in [7, 11) is 2.67. The van der Waals surface area contributed by atoms with Gasteiger partial charge in [-0.1, -0.05) is 50.2 Å². The van der Waals surface area contributed by atoms with E-state index in [9.17, 15) is 48.6 Å². The Balaban J connectivity index is 0.000000270. The number of nitrogens with zero attached hydrogens (tertiary/aromatic N) is 2. The summed E-state index contributed by atoms with van der Waals surface area (Å²) in [6, 6.07) is 18.3. The van der Waals surface area contributed by atoms with Crippen LogP contribution in [-0.4, -0.2) is 50.1 Å². The number of aromatic nitrogens is 2. The second-order valence-corrected chi connectivity index (χ2v) is 11.3. The van der Waals surface area contributed by atoms with E-state index in [0.29, 0.717) is 11.4 Å². The average Bonchev–Trinajstić information content (AvgIpc) is 3.47. The number of carboxylic acids is 2. The molecule has 0 radical (unpaired) electrons. The molecule has 0 bridgehead atoms. The number of amides is 2. The van der Waals surface area contributed by atoms with Gasteiger partial charge in [0.05, 0.1) is 49.5 Å². The quantitative estimate of drug-likeness (QED) is 0.195. The Morgan fingerprint density at radius 2 is 0.942 bits per heavy atom. The van der Waals surface area contributed by atoms with Crippen LogP contribution in [0, 0.1) is 13.8 Å². The van der Waals surface area contributed by atoms with E-state index < -0.39 is 57.1 Å². The van der Waals surface area contributed by atoms with E-state index in [4.69, 9.17) is 0 Å². The number of carboxylic acid groups (broad SMARTS) is 2. The van der Waals surface area contributed by atoms with Crippen LogP contribution in [0.1, 0.15) is 67.4 Å². The molecular formula is C38H36N4O10. The van der Waals surface area contributed by atoms with E-state index in [-0.39, 0.29) is 47.5 Å². The van der Waals surface area contributed by atoms with Gasteiger partial charge in [0.25, 0.3) is 34.1 Å². The predicted molar refractivity (Wildman–Crippen MR) is 198 cm³/mol. The van der Waals surface area contributed by atoms with Gasteiger partial charge in [-0.3, -0.25) is 33.3 Å². The van der Waals surface area contributed by atoms with E-state index in [1.165, 1.54) is 26.2 Å². The van der Waals surface area contributed by atoms with Gasteiger partial charge in [-0.05, 0) is 62.4 Å². The number of nitrogens with one attached hydrogen (secondary N) is 2. The second-order valence-electron chi connectivity index (χ2n) is 11.3. The summed E-state index contributed by atoms with van der Waals surface area (Å²) in [5.74, 6) is -4.47. The molecule has 4 aromatic carbocycles. The van der Waals surface area contributed by atoms with Gasteiger partial charge in [-0.25, -0.2) is 14.2 Å². The van der Waals surface area contributed by atoms with E-state index in [1.54, 1.807) is 48.5 Å². The van der Waals surface area contributed by atoms with Crippen molar-refractivity contribution in [2.75, 3.05) is 12.4 Å². The minimum atomic E-state index is -1.48. The number of rotatable bonds is 6. The smallest absolute Gasteiger partial charge is 0.336 e. The van der Waals surface area contributed by atoms with Crippen LogP contribution >= 0.6 is 0 Å². The minimum absolute atomic E-state index is 0. The molecule has 14 heteroatoms. The van der Waals surface area contributed by atoms with E-state index in [0.717, 1.165) is 32.4 Å². The maximum atomic E-state index is 12.7. The molecule has 0 fully saturated rings. The van der Waals surface area contributed by atoms with E-state index in [2.05, 4.69) is 10.6 Å². The predicted octanol–water partition coefficient (Wildman–Crippen LogP) is 4.02. The third-order valence-electron chi connectivity index (χ3n) is 8.03. The first-order valence-corrected chi connectivity index (χ1v) is 14.8. The summed E-state index contributed by atoms with van der Waals surface area (Å²) in [6.07, 6.45) is 0. The molecule has 2 aromatic heterocycles. The van der Waals surface area contributed by atoms with Crippen LogP contribution in [0.3, 0.4) is 0 Å². The lowest BCUT2D eigenvalue weighted by atomic mass is 9.97. The number of hydrogen-bond acceptors (Lipinski definition) is 8. The van der Waals surface area contributed by atoms with E-state index >= 15 is 0 Å². The summed E-state index contributed by atoms with van der Waals surface area (Å²) in [6.45, 7) is 3.78. The van der Waals surface area contributed by atoms with Crippen molar-refractivity contribution in [1.82, 2.24) is 14.5 Å². The summed E-state index contributed by atoms with van der Waals surface area (Å²) in [5, 5.41) is 24.0. The number of aromatic carboxylic acids is 2. The van der Waals surface area contributed by atoms with Crippen LogP contribution in [-0.2, 0) is 7.05 Å². The zero-order valence-corrected chi connectivity index (χ0v) is 27.0. The summed E-state index contributed by atoms with van der Waals surface area (Å²) >= 11 is 0. The Morgan fingerprint density at radius 3 is 1.37 bits per heavy atom. The number of fused-ring (bicyclic) bond motifs is 2. The van der Waals surface area contributed by atoms with Crippen molar-refractivity contribution in [3.8, 4) is 5.69 Å². The molecule has 0 aliphatic rings. The molecule has 0 aliphatic carbocycles. The third kappa shape index (κ3) is 7.16. The Bertz CT molecular complexity index is 2510. The largest absolute Gasteiger partial charge is 0.478 e. The van der Waals surface area contributed by atoms with Gasteiger partial charge >= 0.3 is 11.9 Å². The summed E-state index contributed by atoms with van der Waals surface area (Å²) in [4.78, 5) is 96.7. The van der Waals surface area contributed by atoms with Crippen LogP contribution in [0.4, 0.5) is 5.69 Å². The molecular weight excluding hydrogens is 672 g/mol. The van der Waals surface area contributed by atoms with Crippen LogP contribution < -0.4 is 32.9 Å². The molecule has 268 valence electrons. The fraction of sp³-hybridized carbons (Fsp3) is 0.158. The molecule has 0 atom stereocenters. The normalized spacial score (nSPS) is 10.4. The molecule has 4 N–H and O–H groups in total. The first kappa shape index (κ1) is 39.5. The van der Waals surface area contributed by atoms with Crippen LogP contribution in [0.15, 0.2) is 92.0 Å². The van der Waals surface area contributed by atoms with Crippen LogP contribution in [0.25, 0.3) is 27.2 Å². The highest BCUT2D eigenvalue weighted by Crippen LogP contribution is 2.21. The third-order valence-corrected chi connectivity index (χ3v) is 8.03. The number of anilines is 1.